The van der Waals surface area contributed by atoms with Gasteiger partial charge in [0.05, 0.1) is 18.2 Å². The van der Waals surface area contributed by atoms with Crippen molar-refractivity contribution in [1.29, 1.82) is 0 Å². The quantitative estimate of drug-likeness (QED) is 0.876. The summed E-state index contributed by atoms with van der Waals surface area (Å²) < 4.78 is 11.2. The molecule has 0 aromatic carbocycles. The van der Waals surface area contributed by atoms with Gasteiger partial charge in [-0.2, -0.15) is 0 Å². The number of hydrogen-bond donors (Lipinski definition) is 1. The average molecular weight is 242 g/mol. The minimum Gasteiger partial charge on any atom is -0.348 e. The van der Waals surface area contributed by atoms with Crippen molar-refractivity contribution >= 4 is 11.3 Å². The van der Waals surface area contributed by atoms with E-state index >= 15 is 0 Å². The summed E-state index contributed by atoms with van der Waals surface area (Å²) in [5, 5.41) is 3.43. The first-order valence-corrected chi connectivity index (χ1v) is 6.38. The van der Waals surface area contributed by atoms with Gasteiger partial charge in [0, 0.05) is 23.7 Å². The number of aromatic nitrogens is 1. The highest BCUT2D eigenvalue weighted by Gasteiger charge is 2.32. The Balaban J connectivity index is 1.76. The van der Waals surface area contributed by atoms with Crippen LogP contribution in [0.5, 0.6) is 0 Å². The third-order valence-corrected chi connectivity index (χ3v) is 3.56. The van der Waals surface area contributed by atoms with Crippen LogP contribution in [0.1, 0.15) is 31.7 Å². The number of hydrogen-bond acceptors (Lipinski definition) is 5. The second kappa shape index (κ2) is 4.79. The molecule has 0 amide bonds. The van der Waals surface area contributed by atoms with Gasteiger partial charge in [0.25, 0.3) is 0 Å². The Morgan fingerprint density at radius 2 is 2.50 bits per heavy atom. The van der Waals surface area contributed by atoms with Crippen molar-refractivity contribution in [1.82, 2.24) is 10.3 Å². The predicted molar refractivity (Wildman–Crippen MR) is 63.4 cm³/mol. The number of nitrogens with one attached hydrogen (secondary N) is 1. The molecule has 1 aromatic rings. The standard InChI is InChI=1S/C11H18N2O2S/c1-8(10-5-12-7-16-10)13-4-9-6-14-11(2,3)15-9/h5,7-9,13H,4,6H2,1-3H3. The fraction of sp³-hybridized carbons (Fsp3) is 0.727. The fourth-order valence-electron chi connectivity index (χ4n) is 1.71. The third kappa shape index (κ3) is 3.01. The van der Waals surface area contributed by atoms with Crippen LogP contribution in [-0.4, -0.2) is 30.0 Å². The predicted octanol–water partition coefficient (Wildman–Crippen LogP) is 1.95. The Morgan fingerprint density at radius 1 is 1.69 bits per heavy atom. The van der Waals surface area contributed by atoms with E-state index in [-0.39, 0.29) is 6.10 Å². The van der Waals surface area contributed by atoms with Crippen LogP contribution in [0.2, 0.25) is 0 Å². The average Bonchev–Trinajstić information content (AvgIpc) is 2.83. The maximum absolute atomic E-state index is 5.72. The van der Waals surface area contributed by atoms with Crippen LogP contribution < -0.4 is 5.32 Å². The van der Waals surface area contributed by atoms with E-state index in [0.717, 1.165) is 6.54 Å². The van der Waals surface area contributed by atoms with E-state index in [9.17, 15) is 0 Å². The Bertz CT molecular complexity index is 327. The number of nitrogens with zero attached hydrogens (tertiary/aromatic N) is 1. The smallest absolute Gasteiger partial charge is 0.163 e. The van der Waals surface area contributed by atoms with Gasteiger partial charge >= 0.3 is 0 Å². The van der Waals surface area contributed by atoms with Crippen LogP contribution in [0, 0.1) is 0 Å². The Morgan fingerprint density at radius 3 is 3.06 bits per heavy atom. The number of rotatable bonds is 4. The molecule has 2 heterocycles. The van der Waals surface area contributed by atoms with Gasteiger partial charge in [0.2, 0.25) is 0 Å². The molecule has 16 heavy (non-hydrogen) atoms. The van der Waals surface area contributed by atoms with Crippen LogP contribution in [-0.2, 0) is 9.47 Å². The van der Waals surface area contributed by atoms with Crippen LogP contribution in [0.15, 0.2) is 11.7 Å². The molecular formula is C11H18N2O2S. The molecule has 5 heteroatoms. The molecule has 0 spiro atoms. The van der Waals surface area contributed by atoms with Crippen molar-refractivity contribution in [3.63, 3.8) is 0 Å². The van der Waals surface area contributed by atoms with E-state index in [2.05, 4.69) is 17.2 Å². The van der Waals surface area contributed by atoms with E-state index in [0.29, 0.717) is 12.6 Å². The molecule has 1 aliphatic rings. The molecule has 0 bridgehead atoms. The molecule has 4 nitrogen and oxygen atoms in total. The van der Waals surface area contributed by atoms with Crippen LogP contribution in [0.25, 0.3) is 0 Å². The van der Waals surface area contributed by atoms with Crippen molar-refractivity contribution in [3.8, 4) is 0 Å². The van der Waals surface area contributed by atoms with Gasteiger partial charge in [0.15, 0.2) is 5.79 Å². The summed E-state index contributed by atoms with van der Waals surface area (Å²) in [5.74, 6) is -0.430. The van der Waals surface area contributed by atoms with Gasteiger partial charge in [-0.3, -0.25) is 4.98 Å². The lowest BCUT2D eigenvalue weighted by Gasteiger charge is -2.18. The Labute approximate surface area is 100.0 Å². The largest absolute Gasteiger partial charge is 0.348 e. The highest BCUT2D eigenvalue weighted by atomic mass is 32.1. The number of thiazole rings is 1. The molecule has 1 saturated heterocycles. The molecule has 1 fully saturated rings. The summed E-state index contributed by atoms with van der Waals surface area (Å²) in [5.41, 5.74) is 1.85. The molecule has 0 saturated carbocycles. The summed E-state index contributed by atoms with van der Waals surface area (Å²) in [6, 6.07) is 0.319. The lowest BCUT2D eigenvalue weighted by molar-refractivity contribution is -0.137. The highest BCUT2D eigenvalue weighted by molar-refractivity contribution is 7.09. The van der Waals surface area contributed by atoms with Gasteiger partial charge in [-0.15, -0.1) is 11.3 Å². The second-order valence-corrected chi connectivity index (χ2v) is 5.40. The normalized spacial score (nSPS) is 25.8. The second-order valence-electron chi connectivity index (χ2n) is 4.48. The molecule has 0 radical (unpaired) electrons. The van der Waals surface area contributed by atoms with E-state index in [1.165, 1.54) is 4.88 Å². The van der Waals surface area contributed by atoms with Crippen molar-refractivity contribution in [2.24, 2.45) is 0 Å². The van der Waals surface area contributed by atoms with Gasteiger partial charge in [-0.25, -0.2) is 0 Å². The minimum absolute atomic E-state index is 0.144. The molecule has 90 valence electrons. The zero-order valence-electron chi connectivity index (χ0n) is 9.90. The van der Waals surface area contributed by atoms with Crippen molar-refractivity contribution < 1.29 is 9.47 Å². The molecule has 1 aliphatic heterocycles. The first-order valence-electron chi connectivity index (χ1n) is 5.50. The SMILES string of the molecule is CC(NCC1COC(C)(C)O1)c1cncs1. The zero-order chi connectivity index (χ0) is 11.6. The zero-order valence-corrected chi connectivity index (χ0v) is 10.7. The van der Waals surface area contributed by atoms with E-state index in [4.69, 9.17) is 9.47 Å². The van der Waals surface area contributed by atoms with Gasteiger partial charge in [-0.1, -0.05) is 0 Å². The fourth-order valence-corrected chi connectivity index (χ4v) is 2.36. The van der Waals surface area contributed by atoms with Crippen LogP contribution in [0.3, 0.4) is 0 Å². The van der Waals surface area contributed by atoms with Gasteiger partial charge in [0.1, 0.15) is 0 Å². The Hall–Kier alpha value is -0.490. The molecular weight excluding hydrogens is 224 g/mol. The first kappa shape index (κ1) is 12.0. The van der Waals surface area contributed by atoms with E-state index in [1.54, 1.807) is 11.3 Å². The van der Waals surface area contributed by atoms with Crippen molar-refractivity contribution in [3.05, 3.63) is 16.6 Å². The number of ether oxygens (including phenoxy) is 2. The summed E-state index contributed by atoms with van der Waals surface area (Å²) in [7, 11) is 0. The maximum Gasteiger partial charge on any atom is 0.163 e. The van der Waals surface area contributed by atoms with Crippen molar-refractivity contribution in [2.75, 3.05) is 13.2 Å². The van der Waals surface area contributed by atoms with Gasteiger partial charge in [-0.05, 0) is 20.8 Å². The monoisotopic (exact) mass is 242 g/mol. The minimum atomic E-state index is -0.430. The van der Waals surface area contributed by atoms with E-state index in [1.807, 2.05) is 25.6 Å². The topological polar surface area (TPSA) is 43.4 Å². The summed E-state index contributed by atoms with van der Waals surface area (Å²) >= 11 is 1.67. The van der Waals surface area contributed by atoms with Crippen LogP contribution >= 0.6 is 11.3 Å². The first-order chi connectivity index (χ1) is 7.57. The van der Waals surface area contributed by atoms with Crippen LogP contribution in [0.4, 0.5) is 0 Å². The summed E-state index contributed by atoms with van der Waals surface area (Å²) in [6.07, 6.45) is 2.04. The maximum atomic E-state index is 5.72. The molecule has 1 N–H and O–H groups in total. The van der Waals surface area contributed by atoms with Gasteiger partial charge < -0.3 is 14.8 Å². The Kier molecular flexibility index (Phi) is 3.59. The molecule has 0 aliphatic carbocycles. The third-order valence-electron chi connectivity index (χ3n) is 2.60. The van der Waals surface area contributed by atoms with Crippen molar-refractivity contribution in [2.45, 2.75) is 38.7 Å². The summed E-state index contributed by atoms with van der Waals surface area (Å²) in [6.45, 7) is 7.49. The molecule has 2 unspecified atom stereocenters. The molecule has 1 aromatic heterocycles. The lowest BCUT2D eigenvalue weighted by atomic mass is 10.3. The highest BCUT2D eigenvalue weighted by Crippen LogP contribution is 2.22. The molecule has 2 atom stereocenters. The summed E-state index contributed by atoms with van der Waals surface area (Å²) in [4.78, 5) is 5.32. The van der Waals surface area contributed by atoms with E-state index < -0.39 is 5.79 Å². The molecule has 2 rings (SSSR count). The lowest BCUT2D eigenvalue weighted by Crippen LogP contribution is -2.31.